The Morgan fingerprint density at radius 1 is 1.15 bits per heavy atom. The van der Waals surface area contributed by atoms with Gasteiger partial charge in [0.1, 0.15) is 5.82 Å². The van der Waals surface area contributed by atoms with Gasteiger partial charge in [0.05, 0.1) is 5.56 Å². The van der Waals surface area contributed by atoms with Crippen molar-refractivity contribution in [3.8, 4) is 0 Å². The van der Waals surface area contributed by atoms with Crippen LogP contribution < -0.4 is 5.32 Å². The third kappa shape index (κ3) is 3.23. The van der Waals surface area contributed by atoms with Gasteiger partial charge in [-0.3, -0.25) is 4.79 Å². The van der Waals surface area contributed by atoms with Crippen molar-refractivity contribution in [1.29, 1.82) is 0 Å². The van der Waals surface area contributed by atoms with Gasteiger partial charge in [0, 0.05) is 5.69 Å². The first-order chi connectivity index (χ1) is 9.61. The monoisotopic (exact) mass is 271 g/mol. The second-order valence-corrected chi connectivity index (χ2v) is 4.87. The van der Waals surface area contributed by atoms with E-state index in [4.69, 9.17) is 0 Å². The quantitative estimate of drug-likeness (QED) is 0.865. The van der Waals surface area contributed by atoms with E-state index >= 15 is 0 Å². The SMILES string of the molecule is CC[C@@H](C)c1ccc(NC(=O)c2ccccc2F)cc1. The molecule has 1 atom stereocenters. The first kappa shape index (κ1) is 14.3. The molecule has 0 saturated carbocycles. The highest BCUT2D eigenvalue weighted by molar-refractivity contribution is 6.04. The van der Waals surface area contributed by atoms with Gasteiger partial charge in [0.25, 0.3) is 5.91 Å². The van der Waals surface area contributed by atoms with Crippen molar-refractivity contribution in [2.24, 2.45) is 0 Å². The van der Waals surface area contributed by atoms with Crippen LogP contribution in [0.15, 0.2) is 48.5 Å². The van der Waals surface area contributed by atoms with Crippen molar-refractivity contribution >= 4 is 11.6 Å². The molecule has 0 bridgehead atoms. The third-order valence-corrected chi connectivity index (χ3v) is 3.47. The summed E-state index contributed by atoms with van der Waals surface area (Å²) in [5, 5.41) is 2.70. The van der Waals surface area contributed by atoms with Gasteiger partial charge in [0.15, 0.2) is 0 Å². The number of amides is 1. The standard InChI is InChI=1S/C17H18FNO/c1-3-12(2)13-8-10-14(11-9-13)19-17(20)15-6-4-5-7-16(15)18/h4-12H,3H2,1-2H3,(H,19,20)/t12-/m1/s1. The molecule has 1 N–H and O–H groups in total. The number of anilines is 1. The van der Waals surface area contributed by atoms with Gasteiger partial charge in [-0.25, -0.2) is 4.39 Å². The molecular weight excluding hydrogens is 253 g/mol. The average Bonchev–Trinajstić information content (AvgIpc) is 2.47. The van der Waals surface area contributed by atoms with Crippen molar-refractivity contribution in [2.45, 2.75) is 26.2 Å². The van der Waals surface area contributed by atoms with E-state index in [2.05, 4.69) is 19.2 Å². The molecule has 2 aromatic rings. The number of nitrogens with one attached hydrogen (secondary N) is 1. The second-order valence-electron chi connectivity index (χ2n) is 4.87. The summed E-state index contributed by atoms with van der Waals surface area (Å²) in [7, 11) is 0. The topological polar surface area (TPSA) is 29.1 Å². The number of rotatable bonds is 4. The van der Waals surface area contributed by atoms with Crippen molar-refractivity contribution < 1.29 is 9.18 Å². The first-order valence-electron chi connectivity index (χ1n) is 6.77. The van der Waals surface area contributed by atoms with Crippen molar-refractivity contribution in [2.75, 3.05) is 5.32 Å². The maximum atomic E-state index is 13.5. The van der Waals surface area contributed by atoms with Gasteiger partial charge in [-0.1, -0.05) is 38.1 Å². The molecule has 20 heavy (non-hydrogen) atoms. The Labute approximate surface area is 118 Å². The van der Waals surface area contributed by atoms with Crippen LogP contribution in [0.4, 0.5) is 10.1 Å². The van der Waals surface area contributed by atoms with Gasteiger partial charge in [-0.2, -0.15) is 0 Å². The lowest BCUT2D eigenvalue weighted by molar-refractivity contribution is 0.102. The molecule has 0 aliphatic heterocycles. The second kappa shape index (κ2) is 6.33. The molecule has 0 heterocycles. The van der Waals surface area contributed by atoms with E-state index < -0.39 is 11.7 Å². The molecule has 0 aromatic heterocycles. The normalized spacial score (nSPS) is 11.9. The molecule has 2 aromatic carbocycles. The predicted octanol–water partition coefficient (Wildman–Crippen LogP) is 4.59. The van der Waals surface area contributed by atoms with E-state index in [0.29, 0.717) is 11.6 Å². The fourth-order valence-corrected chi connectivity index (χ4v) is 1.97. The Kier molecular flexibility index (Phi) is 4.51. The average molecular weight is 271 g/mol. The van der Waals surface area contributed by atoms with Crippen LogP contribution >= 0.6 is 0 Å². The molecule has 1 amide bonds. The summed E-state index contributed by atoms with van der Waals surface area (Å²) in [5.41, 5.74) is 1.96. The number of carbonyl (C=O) groups excluding carboxylic acids is 1. The Hall–Kier alpha value is -2.16. The number of halogens is 1. The van der Waals surface area contributed by atoms with Gasteiger partial charge in [-0.05, 0) is 42.2 Å². The fourth-order valence-electron chi connectivity index (χ4n) is 1.97. The minimum absolute atomic E-state index is 0.0542. The molecule has 0 radical (unpaired) electrons. The molecule has 0 saturated heterocycles. The summed E-state index contributed by atoms with van der Waals surface area (Å²) >= 11 is 0. The summed E-state index contributed by atoms with van der Waals surface area (Å²) in [5.74, 6) is -0.452. The molecule has 0 unspecified atom stereocenters. The molecule has 2 nitrogen and oxygen atoms in total. The maximum Gasteiger partial charge on any atom is 0.258 e. The van der Waals surface area contributed by atoms with E-state index in [0.717, 1.165) is 6.42 Å². The van der Waals surface area contributed by atoms with Crippen LogP contribution in [0.1, 0.15) is 42.1 Å². The first-order valence-corrected chi connectivity index (χ1v) is 6.77. The third-order valence-electron chi connectivity index (χ3n) is 3.47. The number of carbonyl (C=O) groups is 1. The maximum absolute atomic E-state index is 13.5. The summed E-state index contributed by atoms with van der Waals surface area (Å²) in [6.07, 6.45) is 1.07. The molecule has 104 valence electrons. The van der Waals surface area contributed by atoms with Gasteiger partial charge in [-0.15, -0.1) is 0 Å². The molecule has 0 spiro atoms. The van der Waals surface area contributed by atoms with Crippen LogP contribution in [0.3, 0.4) is 0 Å². The van der Waals surface area contributed by atoms with Crippen LogP contribution in [0, 0.1) is 5.82 Å². The lowest BCUT2D eigenvalue weighted by Gasteiger charge is -2.10. The molecule has 0 aliphatic carbocycles. The predicted molar refractivity (Wildman–Crippen MR) is 79.5 cm³/mol. The minimum Gasteiger partial charge on any atom is -0.322 e. The zero-order valence-corrected chi connectivity index (χ0v) is 11.7. The largest absolute Gasteiger partial charge is 0.322 e. The van der Waals surface area contributed by atoms with E-state index in [1.807, 2.05) is 24.3 Å². The lowest BCUT2D eigenvalue weighted by Crippen LogP contribution is -2.13. The summed E-state index contributed by atoms with van der Waals surface area (Å²) in [6.45, 7) is 4.30. The van der Waals surface area contributed by atoms with Crippen LogP contribution in [0.5, 0.6) is 0 Å². The van der Waals surface area contributed by atoms with E-state index in [1.165, 1.54) is 17.7 Å². The van der Waals surface area contributed by atoms with Crippen LogP contribution in [-0.4, -0.2) is 5.91 Å². The Bertz CT molecular complexity index is 592. The highest BCUT2D eigenvalue weighted by Gasteiger charge is 2.11. The molecular formula is C17H18FNO. The van der Waals surface area contributed by atoms with Crippen LogP contribution in [0.2, 0.25) is 0 Å². The van der Waals surface area contributed by atoms with E-state index in [9.17, 15) is 9.18 Å². The fraction of sp³-hybridized carbons (Fsp3) is 0.235. The number of hydrogen-bond donors (Lipinski definition) is 1. The van der Waals surface area contributed by atoms with E-state index in [-0.39, 0.29) is 5.56 Å². The van der Waals surface area contributed by atoms with Crippen molar-refractivity contribution in [1.82, 2.24) is 0 Å². The summed E-state index contributed by atoms with van der Waals surface area (Å²) in [6, 6.07) is 13.6. The van der Waals surface area contributed by atoms with Crippen molar-refractivity contribution in [3.63, 3.8) is 0 Å². The zero-order valence-electron chi connectivity index (χ0n) is 11.7. The molecule has 2 rings (SSSR count). The van der Waals surface area contributed by atoms with Crippen LogP contribution in [-0.2, 0) is 0 Å². The van der Waals surface area contributed by atoms with Gasteiger partial charge >= 0.3 is 0 Å². The van der Waals surface area contributed by atoms with Crippen molar-refractivity contribution in [3.05, 3.63) is 65.5 Å². The summed E-state index contributed by atoms with van der Waals surface area (Å²) < 4.78 is 13.5. The Morgan fingerprint density at radius 3 is 2.40 bits per heavy atom. The number of benzene rings is 2. The molecule has 3 heteroatoms. The minimum atomic E-state index is -0.513. The lowest BCUT2D eigenvalue weighted by atomic mass is 9.98. The van der Waals surface area contributed by atoms with Gasteiger partial charge < -0.3 is 5.32 Å². The Balaban J connectivity index is 2.11. The number of hydrogen-bond acceptors (Lipinski definition) is 1. The smallest absolute Gasteiger partial charge is 0.258 e. The molecule has 0 fully saturated rings. The Morgan fingerprint density at radius 2 is 1.80 bits per heavy atom. The zero-order chi connectivity index (χ0) is 14.5. The summed E-state index contributed by atoms with van der Waals surface area (Å²) in [4.78, 5) is 12.0. The van der Waals surface area contributed by atoms with Gasteiger partial charge in [0.2, 0.25) is 0 Å². The van der Waals surface area contributed by atoms with Crippen LogP contribution in [0.25, 0.3) is 0 Å². The highest BCUT2D eigenvalue weighted by atomic mass is 19.1. The highest BCUT2D eigenvalue weighted by Crippen LogP contribution is 2.21. The molecule has 0 aliphatic rings. The van der Waals surface area contributed by atoms with E-state index in [1.54, 1.807) is 12.1 Å².